The van der Waals surface area contributed by atoms with E-state index in [4.69, 9.17) is 23.7 Å². The molecule has 1 heterocycles. The molecule has 1 N–H and O–H groups in total. The third kappa shape index (κ3) is 6.58. The van der Waals surface area contributed by atoms with Crippen molar-refractivity contribution >= 4 is 11.9 Å². The van der Waals surface area contributed by atoms with E-state index in [0.717, 1.165) is 11.3 Å². The van der Waals surface area contributed by atoms with Crippen LogP contribution in [0.15, 0.2) is 42.5 Å². The van der Waals surface area contributed by atoms with Crippen molar-refractivity contribution in [3.8, 4) is 23.0 Å². The fraction of sp³-hybridized carbons (Fsp3) is 0.364. The van der Waals surface area contributed by atoms with Gasteiger partial charge in [0.05, 0.1) is 19.6 Å². The van der Waals surface area contributed by atoms with Gasteiger partial charge in [0.15, 0.2) is 18.1 Å². The predicted molar refractivity (Wildman–Crippen MR) is 108 cm³/mol. The zero-order valence-corrected chi connectivity index (χ0v) is 16.8. The van der Waals surface area contributed by atoms with Gasteiger partial charge >= 0.3 is 5.97 Å². The van der Waals surface area contributed by atoms with Gasteiger partial charge < -0.3 is 29.0 Å². The maximum Gasteiger partial charge on any atom is 0.310 e. The quantitative estimate of drug-likeness (QED) is 0.469. The van der Waals surface area contributed by atoms with Crippen LogP contribution in [0.4, 0.5) is 0 Å². The Bertz CT molecular complexity index is 851. The van der Waals surface area contributed by atoms with Crippen LogP contribution in [0.25, 0.3) is 0 Å². The highest BCUT2D eigenvalue weighted by Gasteiger charge is 2.14. The molecule has 1 aliphatic rings. The van der Waals surface area contributed by atoms with Crippen LogP contribution in [-0.4, -0.2) is 51.5 Å². The van der Waals surface area contributed by atoms with E-state index in [1.54, 1.807) is 30.3 Å². The molecule has 0 unspecified atom stereocenters. The normalized spacial score (nSPS) is 12.0. The number of nitrogens with one attached hydrogen (secondary N) is 1. The summed E-state index contributed by atoms with van der Waals surface area (Å²) in [6.07, 6.45) is 0.0464. The summed E-state index contributed by atoms with van der Waals surface area (Å²) in [6, 6.07) is 12.5. The Morgan fingerprint density at radius 2 is 1.67 bits per heavy atom. The lowest BCUT2D eigenvalue weighted by Gasteiger charge is -2.18. The van der Waals surface area contributed by atoms with Gasteiger partial charge in [0.2, 0.25) is 0 Å². The number of esters is 1. The highest BCUT2D eigenvalue weighted by atomic mass is 16.6. The number of amides is 1. The highest BCUT2D eigenvalue weighted by molar-refractivity contribution is 5.81. The van der Waals surface area contributed by atoms with E-state index in [1.165, 1.54) is 0 Å². The number of ether oxygens (including phenoxy) is 5. The Kier molecular flexibility index (Phi) is 7.77. The van der Waals surface area contributed by atoms with E-state index in [0.29, 0.717) is 50.2 Å². The second-order valence-corrected chi connectivity index (χ2v) is 6.42. The summed E-state index contributed by atoms with van der Waals surface area (Å²) >= 11 is 0. The molecule has 3 rings (SSSR count). The third-order valence-electron chi connectivity index (χ3n) is 4.15. The van der Waals surface area contributed by atoms with Gasteiger partial charge in [-0.15, -0.1) is 0 Å². The van der Waals surface area contributed by atoms with Crippen molar-refractivity contribution in [3.63, 3.8) is 0 Å². The van der Waals surface area contributed by atoms with Crippen molar-refractivity contribution < 1.29 is 33.3 Å². The molecule has 0 aromatic heterocycles. The highest BCUT2D eigenvalue weighted by Crippen LogP contribution is 2.30. The average molecular weight is 415 g/mol. The molecular weight excluding hydrogens is 390 g/mol. The standard InChI is InChI=1S/C22H25NO7/c1-2-26-17-4-6-18(7-5-17)27-10-9-23-21(24)15-30-22(25)14-16-3-8-19-20(13-16)29-12-11-28-19/h3-8,13H,2,9-12,14-15H2,1H3,(H,23,24). The van der Waals surface area contributed by atoms with Crippen LogP contribution in [0.3, 0.4) is 0 Å². The summed E-state index contributed by atoms with van der Waals surface area (Å²) in [7, 11) is 0. The molecule has 30 heavy (non-hydrogen) atoms. The number of benzene rings is 2. The third-order valence-corrected chi connectivity index (χ3v) is 4.15. The topological polar surface area (TPSA) is 92.3 Å². The van der Waals surface area contributed by atoms with Gasteiger partial charge in [-0.2, -0.15) is 0 Å². The molecule has 2 aromatic rings. The lowest BCUT2D eigenvalue weighted by Crippen LogP contribution is -2.32. The monoisotopic (exact) mass is 415 g/mol. The minimum Gasteiger partial charge on any atom is -0.494 e. The molecule has 1 amide bonds. The molecule has 0 saturated heterocycles. The number of hydrogen-bond acceptors (Lipinski definition) is 7. The maximum absolute atomic E-state index is 12.0. The zero-order chi connectivity index (χ0) is 21.2. The molecule has 0 atom stereocenters. The largest absolute Gasteiger partial charge is 0.494 e. The van der Waals surface area contributed by atoms with Crippen LogP contribution in [0.2, 0.25) is 0 Å². The first-order valence-electron chi connectivity index (χ1n) is 9.80. The lowest BCUT2D eigenvalue weighted by atomic mass is 10.1. The Morgan fingerprint density at radius 3 is 2.40 bits per heavy atom. The van der Waals surface area contributed by atoms with Gasteiger partial charge in [0.1, 0.15) is 31.3 Å². The maximum atomic E-state index is 12.0. The van der Waals surface area contributed by atoms with Gasteiger partial charge in [-0.3, -0.25) is 9.59 Å². The molecule has 0 spiro atoms. The molecular formula is C22H25NO7. The summed E-state index contributed by atoms with van der Waals surface area (Å²) in [5.41, 5.74) is 0.730. The van der Waals surface area contributed by atoms with Crippen LogP contribution in [0.1, 0.15) is 12.5 Å². The van der Waals surface area contributed by atoms with Gasteiger partial charge in [-0.25, -0.2) is 0 Å². The number of rotatable bonds is 10. The SMILES string of the molecule is CCOc1ccc(OCCNC(=O)COC(=O)Cc2ccc3c(c2)OCCO3)cc1. The van der Waals surface area contributed by atoms with Crippen LogP contribution >= 0.6 is 0 Å². The van der Waals surface area contributed by atoms with E-state index in [1.807, 2.05) is 19.1 Å². The molecule has 0 aliphatic carbocycles. The van der Waals surface area contributed by atoms with Crippen molar-refractivity contribution in [1.29, 1.82) is 0 Å². The van der Waals surface area contributed by atoms with Crippen molar-refractivity contribution in [2.75, 3.05) is 39.6 Å². The molecule has 0 saturated carbocycles. The second kappa shape index (κ2) is 10.9. The summed E-state index contributed by atoms with van der Waals surface area (Å²) in [5.74, 6) is 1.84. The molecule has 2 aromatic carbocycles. The van der Waals surface area contributed by atoms with Crippen molar-refractivity contribution in [2.45, 2.75) is 13.3 Å². The predicted octanol–water partition coefficient (Wildman–Crippen LogP) is 2.14. The van der Waals surface area contributed by atoms with Crippen molar-refractivity contribution in [1.82, 2.24) is 5.32 Å². The fourth-order valence-electron chi connectivity index (χ4n) is 2.77. The summed E-state index contributed by atoms with van der Waals surface area (Å²) in [5, 5.41) is 2.64. The molecule has 1 aliphatic heterocycles. The van der Waals surface area contributed by atoms with Crippen molar-refractivity contribution in [2.24, 2.45) is 0 Å². The minimum absolute atomic E-state index is 0.0464. The summed E-state index contributed by atoms with van der Waals surface area (Å²) in [6.45, 7) is 3.76. The molecule has 8 heteroatoms. The van der Waals surface area contributed by atoms with Crippen LogP contribution < -0.4 is 24.3 Å². The van der Waals surface area contributed by atoms with Gasteiger partial charge in [-0.05, 0) is 48.9 Å². The van der Waals surface area contributed by atoms with Gasteiger partial charge in [-0.1, -0.05) is 6.07 Å². The van der Waals surface area contributed by atoms with Gasteiger partial charge in [0, 0.05) is 0 Å². The number of fused-ring (bicyclic) bond motifs is 1. The van der Waals surface area contributed by atoms with E-state index >= 15 is 0 Å². The first-order valence-corrected chi connectivity index (χ1v) is 9.80. The first-order chi connectivity index (χ1) is 14.6. The minimum atomic E-state index is -0.493. The van der Waals surface area contributed by atoms with E-state index in [9.17, 15) is 9.59 Å². The molecule has 0 radical (unpaired) electrons. The van der Waals surface area contributed by atoms with Crippen molar-refractivity contribution in [3.05, 3.63) is 48.0 Å². The molecule has 0 fully saturated rings. The zero-order valence-electron chi connectivity index (χ0n) is 16.8. The summed E-state index contributed by atoms with van der Waals surface area (Å²) in [4.78, 5) is 23.8. The van der Waals surface area contributed by atoms with E-state index in [-0.39, 0.29) is 18.9 Å². The average Bonchev–Trinajstić information content (AvgIpc) is 2.76. The van der Waals surface area contributed by atoms with E-state index in [2.05, 4.69) is 5.32 Å². The Morgan fingerprint density at radius 1 is 0.967 bits per heavy atom. The number of carbonyl (C=O) groups excluding carboxylic acids is 2. The Labute approximate surface area is 175 Å². The van der Waals surface area contributed by atoms with E-state index < -0.39 is 5.97 Å². The van der Waals surface area contributed by atoms with Crippen LogP contribution in [-0.2, 0) is 20.7 Å². The Balaban J connectivity index is 1.31. The fourth-order valence-corrected chi connectivity index (χ4v) is 2.77. The number of hydrogen-bond donors (Lipinski definition) is 1. The first kappa shape index (κ1) is 21.3. The van der Waals surface area contributed by atoms with Gasteiger partial charge in [0.25, 0.3) is 5.91 Å². The number of carbonyl (C=O) groups is 2. The molecule has 0 bridgehead atoms. The Hall–Kier alpha value is -3.42. The summed E-state index contributed by atoms with van der Waals surface area (Å²) < 4.78 is 26.9. The lowest BCUT2D eigenvalue weighted by molar-refractivity contribution is -0.147. The molecule has 160 valence electrons. The second-order valence-electron chi connectivity index (χ2n) is 6.42. The molecule has 8 nitrogen and oxygen atoms in total. The smallest absolute Gasteiger partial charge is 0.310 e. The van der Waals surface area contributed by atoms with Crippen LogP contribution in [0, 0.1) is 0 Å². The van der Waals surface area contributed by atoms with Crippen LogP contribution in [0.5, 0.6) is 23.0 Å².